The summed E-state index contributed by atoms with van der Waals surface area (Å²) in [6.07, 6.45) is 0.417. The van der Waals surface area contributed by atoms with Crippen LogP contribution in [0.1, 0.15) is 42.1 Å². The molecule has 0 spiro atoms. The summed E-state index contributed by atoms with van der Waals surface area (Å²) in [5.74, 6) is -0.882. The van der Waals surface area contributed by atoms with E-state index in [0.717, 1.165) is 5.56 Å². The van der Waals surface area contributed by atoms with Gasteiger partial charge in [-0.3, -0.25) is 0 Å². The molecule has 0 aliphatic heterocycles. The van der Waals surface area contributed by atoms with Crippen LogP contribution in [0.5, 0.6) is 0 Å². The zero-order valence-electron chi connectivity index (χ0n) is 16.6. The van der Waals surface area contributed by atoms with Gasteiger partial charge in [-0.1, -0.05) is 55.8 Å². The average molecular weight is 439 g/mol. The second kappa shape index (κ2) is 10.6. The van der Waals surface area contributed by atoms with Gasteiger partial charge in [0.15, 0.2) is 0 Å². The van der Waals surface area contributed by atoms with Crippen molar-refractivity contribution in [3.8, 4) is 0 Å². The normalized spacial score (nSPS) is 12.7. The Morgan fingerprint density at radius 2 is 1.79 bits per heavy atom. The Hall–Kier alpha value is -2.09. The summed E-state index contributed by atoms with van der Waals surface area (Å²) in [7, 11) is -3.37. The van der Waals surface area contributed by atoms with E-state index in [1.807, 2.05) is 44.2 Å². The molecule has 0 bridgehead atoms. The molecule has 0 aliphatic carbocycles. The predicted octanol–water partition coefficient (Wildman–Crippen LogP) is 4.20. The van der Waals surface area contributed by atoms with E-state index in [0.29, 0.717) is 30.2 Å². The number of halogens is 1. The largest absolute Gasteiger partial charge is 0.478 e. The number of benzene rings is 2. The van der Waals surface area contributed by atoms with Gasteiger partial charge in [0.2, 0.25) is 10.0 Å². The van der Waals surface area contributed by atoms with Crippen LogP contribution in [0.2, 0.25) is 5.02 Å². The second-order valence-electron chi connectivity index (χ2n) is 7.34. The molecule has 29 heavy (non-hydrogen) atoms. The molecule has 1 unspecified atom stereocenters. The van der Waals surface area contributed by atoms with Crippen LogP contribution >= 0.6 is 11.6 Å². The van der Waals surface area contributed by atoms with Crippen molar-refractivity contribution in [1.82, 2.24) is 4.72 Å². The van der Waals surface area contributed by atoms with E-state index in [9.17, 15) is 18.3 Å². The summed E-state index contributed by atoms with van der Waals surface area (Å²) in [5, 5.41) is 12.8. The first-order valence-electron chi connectivity index (χ1n) is 9.47. The van der Waals surface area contributed by atoms with Crippen LogP contribution in [0.4, 0.5) is 5.69 Å². The van der Waals surface area contributed by atoms with E-state index in [2.05, 4.69) is 10.0 Å². The molecule has 6 nitrogen and oxygen atoms in total. The quantitative estimate of drug-likeness (QED) is 0.488. The molecular formula is C21H27ClN2O4S. The molecule has 0 heterocycles. The van der Waals surface area contributed by atoms with Crippen molar-refractivity contribution in [1.29, 1.82) is 0 Å². The SMILES string of the molecule is CC(C)CNS(=O)(=O)CCC(CNc1cc(C(=O)O)ccc1Cl)c1ccccc1. The highest BCUT2D eigenvalue weighted by Gasteiger charge is 2.18. The number of rotatable bonds is 11. The van der Waals surface area contributed by atoms with Gasteiger partial charge in [-0.25, -0.2) is 17.9 Å². The molecule has 3 N–H and O–H groups in total. The first-order valence-corrected chi connectivity index (χ1v) is 11.5. The molecule has 0 amide bonds. The van der Waals surface area contributed by atoms with Crippen LogP contribution < -0.4 is 10.0 Å². The van der Waals surface area contributed by atoms with Crippen LogP contribution in [-0.4, -0.2) is 38.3 Å². The van der Waals surface area contributed by atoms with Gasteiger partial charge < -0.3 is 10.4 Å². The molecule has 0 fully saturated rings. The minimum Gasteiger partial charge on any atom is -0.478 e. The van der Waals surface area contributed by atoms with Crippen molar-refractivity contribution in [2.24, 2.45) is 5.92 Å². The Kier molecular flexibility index (Phi) is 8.49. The van der Waals surface area contributed by atoms with Crippen molar-refractivity contribution in [3.63, 3.8) is 0 Å². The Morgan fingerprint density at radius 1 is 1.10 bits per heavy atom. The van der Waals surface area contributed by atoms with Gasteiger partial charge in [0.25, 0.3) is 0 Å². The van der Waals surface area contributed by atoms with E-state index in [1.165, 1.54) is 18.2 Å². The summed E-state index contributed by atoms with van der Waals surface area (Å²) in [4.78, 5) is 11.2. The zero-order valence-corrected chi connectivity index (χ0v) is 18.1. The Balaban J connectivity index is 2.12. The fraction of sp³-hybridized carbons (Fsp3) is 0.381. The van der Waals surface area contributed by atoms with Crippen molar-refractivity contribution in [2.45, 2.75) is 26.2 Å². The number of anilines is 1. The Labute approximate surface area is 177 Å². The molecule has 0 saturated heterocycles. The van der Waals surface area contributed by atoms with Gasteiger partial charge in [-0.05, 0) is 36.1 Å². The van der Waals surface area contributed by atoms with Gasteiger partial charge in [-0.15, -0.1) is 0 Å². The van der Waals surface area contributed by atoms with Crippen LogP contribution in [0.3, 0.4) is 0 Å². The standard InChI is InChI=1S/C21H27ClN2O4S/c1-15(2)13-24-29(27,28)11-10-18(16-6-4-3-5-7-16)14-23-20-12-17(21(25)26)8-9-19(20)22/h3-9,12,15,18,23-24H,10-11,13-14H2,1-2H3,(H,25,26). The summed E-state index contributed by atoms with van der Waals surface area (Å²) in [5.41, 5.74) is 1.64. The highest BCUT2D eigenvalue weighted by atomic mass is 35.5. The Bertz CT molecular complexity index is 918. The zero-order chi connectivity index (χ0) is 21.4. The molecule has 1 atom stereocenters. The van der Waals surface area contributed by atoms with E-state index in [1.54, 1.807) is 0 Å². The first kappa shape index (κ1) is 23.2. The van der Waals surface area contributed by atoms with Crippen molar-refractivity contribution < 1.29 is 18.3 Å². The number of hydrogen-bond acceptors (Lipinski definition) is 4. The number of hydrogen-bond donors (Lipinski definition) is 3. The lowest BCUT2D eigenvalue weighted by atomic mass is 9.96. The minimum absolute atomic E-state index is 0.00383. The molecule has 2 aromatic rings. The number of nitrogens with one attached hydrogen (secondary N) is 2. The fourth-order valence-corrected chi connectivity index (χ4v) is 4.31. The number of carboxylic acid groups (broad SMARTS) is 1. The van der Waals surface area contributed by atoms with Crippen molar-refractivity contribution in [3.05, 3.63) is 64.7 Å². The number of aromatic carboxylic acids is 1. The van der Waals surface area contributed by atoms with E-state index in [-0.39, 0.29) is 23.2 Å². The highest BCUT2D eigenvalue weighted by molar-refractivity contribution is 7.89. The molecule has 8 heteroatoms. The van der Waals surface area contributed by atoms with Crippen molar-refractivity contribution >= 4 is 33.3 Å². The summed E-state index contributed by atoms with van der Waals surface area (Å²) < 4.78 is 27.2. The van der Waals surface area contributed by atoms with Gasteiger partial charge in [-0.2, -0.15) is 0 Å². The first-order chi connectivity index (χ1) is 13.7. The fourth-order valence-electron chi connectivity index (χ4n) is 2.80. The number of sulfonamides is 1. The summed E-state index contributed by atoms with van der Waals surface area (Å²) >= 11 is 6.19. The van der Waals surface area contributed by atoms with Crippen LogP contribution in [-0.2, 0) is 10.0 Å². The molecule has 0 saturated carbocycles. The smallest absolute Gasteiger partial charge is 0.335 e. The maximum atomic E-state index is 12.3. The van der Waals surface area contributed by atoms with Gasteiger partial charge in [0.05, 0.1) is 22.0 Å². The molecule has 2 rings (SSSR count). The third-order valence-electron chi connectivity index (χ3n) is 4.47. The third kappa shape index (κ3) is 7.68. The number of carboxylic acids is 1. The van der Waals surface area contributed by atoms with Crippen molar-refractivity contribution in [2.75, 3.05) is 24.2 Å². The number of carbonyl (C=O) groups is 1. The minimum atomic E-state index is -3.37. The van der Waals surface area contributed by atoms with Gasteiger partial charge >= 0.3 is 5.97 Å². The maximum absolute atomic E-state index is 12.3. The predicted molar refractivity (Wildman–Crippen MR) is 117 cm³/mol. The lowest BCUT2D eigenvalue weighted by Gasteiger charge is -2.20. The molecule has 0 radical (unpaired) electrons. The third-order valence-corrected chi connectivity index (χ3v) is 6.18. The molecular weight excluding hydrogens is 412 g/mol. The lowest BCUT2D eigenvalue weighted by Crippen LogP contribution is -2.31. The summed E-state index contributed by atoms with van der Waals surface area (Å²) in [6.45, 7) is 4.74. The van der Waals surface area contributed by atoms with Gasteiger partial charge in [0.1, 0.15) is 0 Å². The highest BCUT2D eigenvalue weighted by Crippen LogP contribution is 2.26. The molecule has 2 aromatic carbocycles. The molecule has 158 valence electrons. The summed E-state index contributed by atoms with van der Waals surface area (Å²) in [6, 6.07) is 14.1. The average Bonchev–Trinajstić information content (AvgIpc) is 2.68. The van der Waals surface area contributed by atoms with E-state index in [4.69, 9.17) is 11.6 Å². The second-order valence-corrected chi connectivity index (χ2v) is 9.67. The molecule has 0 aromatic heterocycles. The Morgan fingerprint density at radius 3 is 2.41 bits per heavy atom. The van der Waals surface area contributed by atoms with E-state index >= 15 is 0 Å². The van der Waals surface area contributed by atoms with Crippen LogP contribution in [0.25, 0.3) is 0 Å². The van der Waals surface area contributed by atoms with E-state index < -0.39 is 16.0 Å². The lowest BCUT2D eigenvalue weighted by molar-refractivity contribution is 0.0697. The maximum Gasteiger partial charge on any atom is 0.335 e. The van der Waals surface area contributed by atoms with Crippen LogP contribution in [0, 0.1) is 5.92 Å². The monoisotopic (exact) mass is 438 g/mol. The topological polar surface area (TPSA) is 95.5 Å². The van der Waals surface area contributed by atoms with Gasteiger partial charge in [0, 0.05) is 19.0 Å². The van der Waals surface area contributed by atoms with Crippen LogP contribution in [0.15, 0.2) is 48.5 Å². The molecule has 0 aliphatic rings.